The highest BCUT2D eigenvalue weighted by atomic mass is 16.5. The number of rotatable bonds is 4. The van der Waals surface area contributed by atoms with Crippen molar-refractivity contribution >= 4 is 11.9 Å². The molecule has 0 saturated carbocycles. The predicted molar refractivity (Wildman–Crippen MR) is 121 cm³/mol. The van der Waals surface area contributed by atoms with Gasteiger partial charge in [0.1, 0.15) is 0 Å². The molecule has 3 aliphatic rings. The minimum Gasteiger partial charge on any atom is -0.490 e. The molecule has 170 valence electrons. The largest absolute Gasteiger partial charge is 0.490 e. The molecule has 8 heteroatoms. The number of nitrogens with one attached hydrogen (secondary N) is 1. The van der Waals surface area contributed by atoms with E-state index in [1.165, 1.54) is 0 Å². The lowest BCUT2D eigenvalue weighted by molar-refractivity contribution is -0.135. The average molecular weight is 430 g/mol. The third kappa shape index (κ3) is 5.06. The van der Waals surface area contributed by atoms with Crippen LogP contribution < -0.4 is 14.8 Å². The fraction of sp³-hybridized carbons (Fsp3) is 0.652. The second-order valence-corrected chi connectivity index (χ2v) is 8.43. The molecule has 31 heavy (non-hydrogen) atoms. The quantitative estimate of drug-likeness (QED) is 0.579. The van der Waals surface area contributed by atoms with E-state index in [2.05, 4.69) is 26.2 Å². The fourth-order valence-corrected chi connectivity index (χ4v) is 4.58. The standard InChI is InChI=1S/C23H35N5O3/c1-18(22(29)27-9-3-4-10-27)26-11-13-28(14-12-26)23(24-2)25-17-19-7-5-8-20-21(19)31-16-6-15-30-20/h5,7-8,18H,3-4,6,9-17H2,1-2H3,(H,24,25). The van der Waals surface area contributed by atoms with Crippen LogP contribution in [-0.4, -0.2) is 92.1 Å². The Hall–Kier alpha value is -2.48. The molecule has 3 heterocycles. The summed E-state index contributed by atoms with van der Waals surface area (Å²) in [6, 6.07) is 5.98. The first kappa shape index (κ1) is 21.7. The Kier molecular flexibility index (Phi) is 7.17. The molecule has 1 N–H and O–H groups in total. The molecule has 2 fully saturated rings. The summed E-state index contributed by atoms with van der Waals surface area (Å²) in [7, 11) is 1.82. The van der Waals surface area contributed by atoms with Crippen LogP contribution in [0.2, 0.25) is 0 Å². The number of nitrogens with zero attached hydrogens (tertiary/aromatic N) is 4. The van der Waals surface area contributed by atoms with E-state index in [9.17, 15) is 4.79 Å². The number of ether oxygens (including phenoxy) is 2. The van der Waals surface area contributed by atoms with Crippen LogP contribution in [0.4, 0.5) is 0 Å². The van der Waals surface area contributed by atoms with Gasteiger partial charge in [-0.15, -0.1) is 0 Å². The highest BCUT2D eigenvalue weighted by Crippen LogP contribution is 2.33. The van der Waals surface area contributed by atoms with Gasteiger partial charge in [-0.3, -0.25) is 14.7 Å². The van der Waals surface area contributed by atoms with Gasteiger partial charge in [-0.2, -0.15) is 0 Å². The van der Waals surface area contributed by atoms with Crippen molar-refractivity contribution in [3.05, 3.63) is 23.8 Å². The van der Waals surface area contributed by atoms with Gasteiger partial charge in [0.05, 0.1) is 19.3 Å². The number of guanidine groups is 1. The fourth-order valence-electron chi connectivity index (χ4n) is 4.58. The van der Waals surface area contributed by atoms with Crippen LogP contribution >= 0.6 is 0 Å². The predicted octanol–water partition coefficient (Wildman–Crippen LogP) is 1.55. The van der Waals surface area contributed by atoms with Crippen molar-refractivity contribution < 1.29 is 14.3 Å². The third-order valence-electron chi connectivity index (χ3n) is 6.44. The first-order valence-electron chi connectivity index (χ1n) is 11.5. The molecule has 1 amide bonds. The number of hydrogen-bond donors (Lipinski definition) is 1. The summed E-state index contributed by atoms with van der Waals surface area (Å²) >= 11 is 0. The Balaban J connectivity index is 1.30. The molecule has 4 rings (SSSR count). The zero-order chi connectivity index (χ0) is 21.6. The van der Waals surface area contributed by atoms with Gasteiger partial charge in [0.25, 0.3) is 0 Å². The number of carbonyl (C=O) groups excluding carboxylic acids is 1. The van der Waals surface area contributed by atoms with E-state index in [0.717, 1.165) is 81.6 Å². The Labute approximate surface area is 185 Å². The number of likely N-dealkylation sites (tertiary alicyclic amines) is 1. The van der Waals surface area contributed by atoms with Crippen LogP contribution in [0.15, 0.2) is 23.2 Å². The van der Waals surface area contributed by atoms with Crippen molar-refractivity contribution in [1.82, 2.24) is 20.0 Å². The summed E-state index contributed by atoms with van der Waals surface area (Å²) in [5.41, 5.74) is 1.07. The van der Waals surface area contributed by atoms with Crippen molar-refractivity contribution in [2.45, 2.75) is 38.8 Å². The van der Waals surface area contributed by atoms with Gasteiger partial charge in [-0.05, 0) is 25.8 Å². The van der Waals surface area contributed by atoms with Crippen molar-refractivity contribution in [2.24, 2.45) is 4.99 Å². The summed E-state index contributed by atoms with van der Waals surface area (Å²) in [4.78, 5) is 23.8. The molecule has 1 atom stereocenters. The molecule has 8 nitrogen and oxygen atoms in total. The lowest BCUT2D eigenvalue weighted by atomic mass is 10.2. The minimum absolute atomic E-state index is 0.0489. The molecule has 1 unspecified atom stereocenters. The van der Waals surface area contributed by atoms with E-state index >= 15 is 0 Å². The number of hydrogen-bond acceptors (Lipinski definition) is 5. The van der Waals surface area contributed by atoms with Crippen LogP contribution in [-0.2, 0) is 11.3 Å². The molecule has 1 aromatic rings. The van der Waals surface area contributed by atoms with Crippen LogP contribution in [0.25, 0.3) is 0 Å². The number of benzene rings is 1. The van der Waals surface area contributed by atoms with Gasteiger partial charge in [-0.1, -0.05) is 12.1 Å². The molecule has 0 aliphatic carbocycles. The van der Waals surface area contributed by atoms with E-state index in [1.54, 1.807) is 0 Å². The Morgan fingerprint density at radius 1 is 1.03 bits per heavy atom. The molecule has 2 saturated heterocycles. The topological polar surface area (TPSA) is 69.6 Å². The van der Waals surface area contributed by atoms with Crippen molar-refractivity contribution in [2.75, 3.05) is 59.5 Å². The molecule has 0 aromatic heterocycles. The van der Waals surface area contributed by atoms with Gasteiger partial charge in [0.2, 0.25) is 5.91 Å². The maximum Gasteiger partial charge on any atom is 0.239 e. The van der Waals surface area contributed by atoms with E-state index in [0.29, 0.717) is 19.8 Å². The molecule has 3 aliphatic heterocycles. The Bertz CT molecular complexity index is 785. The molecule has 1 aromatic carbocycles. The van der Waals surface area contributed by atoms with E-state index < -0.39 is 0 Å². The van der Waals surface area contributed by atoms with Gasteiger partial charge in [0.15, 0.2) is 17.5 Å². The van der Waals surface area contributed by atoms with Crippen molar-refractivity contribution in [3.8, 4) is 11.5 Å². The molecular weight excluding hydrogens is 394 g/mol. The number of amides is 1. The second kappa shape index (κ2) is 10.2. The number of aliphatic imine (C=N–C) groups is 1. The van der Waals surface area contributed by atoms with E-state index in [4.69, 9.17) is 9.47 Å². The van der Waals surface area contributed by atoms with Crippen LogP contribution in [0.1, 0.15) is 31.7 Å². The third-order valence-corrected chi connectivity index (χ3v) is 6.44. The SMILES string of the molecule is CN=C(NCc1cccc2c1OCCCO2)N1CCN(C(C)C(=O)N2CCCC2)CC1. The average Bonchev–Trinajstić information content (AvgIpc) is 3.24. The maximum absolute atomic E-state index is 12.7. The minimum atomic E-state index is -0.0489. The highest BCUT2D eigenvalue weighted by Gasteiger charge is 2.30. The summed E-state index contributed by atoms with van der Waals surface area (Å²) in [6.07, 6.45) is 3.16. The zero-order valence-electron chi connectivity index (χ0n) is 18.8. The Morgan fingerprint density at radius 2 is 1.77 bits per heavy atom. The Morgan fingerprint density at radius 3 is 2.52 bits per heavy atom. The van der Waals surface area contributed by atoms with E-state index in [-0.39, 0.29) is 11.9 Å². The van der Waals surface area contributed by atoms with Gasteiger partial charge >= 0.3 is 0 Å². The number of carbonyl (C=O) groups is 1. The number of para-hydroxylation sites is 1. The lowest BCUT2D eigenvalue weighted by Crippen LogP contribution is -2.57. The number of fused-ring (bicyclic) bond motifs is 1. The van der Waals surface area contributed by atoms with Crippen molar-refractivity contribution in [1.29, 1.82) is 0 Å². The summed E-state index contributed by atoms with van der Waals surface area (Å²) in [5, 5.41) is 3.48. The lowest BCUT2D eigenvalue weighted by Gasteiger charge is -2.39. The highest BCUT2D eigenvalue weighted by molar-refractivity contribution is 5.82. The maximum atomic E-state index is 12.7. The normalized spacial score (nSPS) is 21.0. The van der Waals surface area contributed by atoms with Crippen LogP contribution in [0.5, 0.6) is 11.5 Å². The molecule has 0 spiro atoms. The second-order valence-electron chi connectivity index (χ2n) is 8.43. The van der Waals surface area contributed by atoms with Gasteiger partial charge in [-0.25, -0.2) is 0 Å². The van der Waals surface area contributed by atoms with Gasteiger partial charge < -0.3 is 24.6 Å². The molecular formula is C23H35N5O3. The zero-order valence-corrected chi connectivity index (χ0v) is 18.8. The van der Waals surface area contributed by atoms with Crippen LogP contribution in [0, 0.1) is 0 Å². The first-order chi connectivity index (χ1) is 15.2. The van der Waals surface area contributed by atoms with E-state index in [1.807, 2.05) is 31.0 Å². The molecule has 0 radical (unpaired) electrons. The summed E-state index contributed by atoms with van der Waals surface area (Å²) in [6.45, 7) is 9.29. The summed E-state index contributed by atoms with van der Waals surface area (Å²) < 4.78 is 11.7. The first-order valence-corrected chi connectivity index (χ1v) is 11.5. The van der Waals surface area contributed by atoms with Crippen molar-refractivity contribution in [3.63, 3.8) is 0 Å². The van der Waals surface area contributed by atoms with Crippen LogP contribution in [0.3, 0.4) is 0 Å². The summed E-state index contributed by atoms with van der Waals surface area (Å²) in [5.74, 6) is 2.81. The molecule has 0 bridgehead atoms. The van der Waals surface area contributed by atoms with Gasteiger partial charge in [0, 0.05) is 64.8 Å². The monoisotopic (exact) mass is 429 g/mol. The number of piperazine rings is 1. The smallest absolute Gasteiger partial charge is 0.239 e.